The number of nitrogens with zero attached hydrogens (tertiary/aromatic N) is 2. The number of carbonyl (C=O) groups is 2. The van der Waals surface area contributed by atoms with Crippen LogP contribution in [0, 0.1) is 0 Å². The number of fused-ring (bicyclic) bond motifs is 6. The van der Waals surface area contributed by atoms with Gasteiger partial charge in [-0.1, -0.05) is 32.9 Å². The second kappa shape index (κ2) is 20.0. The number of carbonyl (C=O) groups excluding carboxylic acids is 2. The van der Waals surface area contributed by atoms with Gasteiger partial charge in [0.15, 0.2) is 8.32 Å². The molecule has 25 heteroatoms. The van der Waals surface area contributed by atoms with E-state index in [1.165, 1.54) is 24.3 Å². The molecule has 4 unspecified atom stereocenters. The molecule has 2 amide bonds. The average molecular weight is 1140 g/mol. The number of hydrogen-bond donors (Lipinski definition) is 5. The Morgan fingerprint density at radius 2 is 0.987 bits per heavy atom. The van der Waals surface area contributed by atoms with Gasteiger partial charge in [-0.3, -0.25) is 19.2 Å². The van der Waals surface area contributed by atoms with E-state index in [1.54, 1.807) is 4.90 Å². The lowest BCUT2D eigenvalue weighted by molar-refractivity contribution is -0.137. The molecule has 5 N–H and O–H groups in total. The lowest BCUT2D eigenvalue weighted by atomic mass is 9.98. The van der Waals surface area contributed by atoms with Crippen molar-refractivity contribution in [2.24, 2.45) is 0 Å². The number of pyridine rings is 2. The minimum Gasteiger partial charge on any atom is -0.412 e. The van der Waals surface area contributed by atoms with Crippen LogP contribution >= 0.6 is 0 Å². The molecule has 0 saturated carbocycles. The molecule has 79 heavy (non-hydrogen) atoms. The first-order chi connectivity index (χ1) is 36.7. The minimum absolute atomic E-state index is 0.0141. The van der Waals surface area contributed by atoms with E-state index >= 15 is 0 Å². The van der Waals surface area contributed by atoms with E-state index < -0.39 is 117 Å². The smallest absolute Gasteiger partial charge is 0.412 e. The third kappa shape index (κ3) is 10.8. The molecule has 0 spiro atoms. The Hall–Kier alpha value is -6.86. The number of aromatic amines is 2. The SMILES string of the molecule is CC(C)(C)[Si](C)(C)O[C@H]1CC2CCC1N2c1ccc(NC(=O)c2c[nH]c3cccc(C(F)(F)F)c3c2=O)c(C(F)(F)F)c1.O=C(Nc1ccc(N2C3CCC2[C@@H](O)C3)cc1C(F)(F)F)c1c[nH]c2cccc(C(F)(F)F)c2c1=O. The van der Waals surface area contributed by atoms with E-state index in [0.29, 0.717) is 37.1 Å². The summed E-state index contributed by atoms with van der Waals surface area (Å²) in [5, 5.41) is 12.7. The van der Waals surface area contributed by atoms with Crippen LogP contribution in [0.4, 0.5) is 75.4 Å². The van der Waals surface area contributed by atoms with Crippen LogP contribution < -0.4 is 31.3 Å². The van der Waals surface area contributed by atoms with Gasteiger partial charge < -0.3 is 39.9 Å². The van der Waals surface area contributed by atoms with Crippen molar-refractivity contribution in [3.05, 3.63) is 139 Å². The third-order valence-corrected chi connectivity index (χ3v) is 20.4. The van der Waals surface area contributed by atoms with Crippen molar-refractivity contribution in [1.29, 1.82) is 0 Å². The van der Waals surface area contributed by atoms with Crippen LogP contribution in [0.5, 0.6) is 0 Å². The van der Waals surface area contributed by atoms with Gasteiger partial charge in [0.05, 0.1) is 68.7 Å². The first-order valence-electron chi connectivity index (χ1n) is 25.1. The normalized spacial score (nSPS) is 21.4. The Balaban J connectivity index is 0.000000195. The van der Waals surface area contributed by atoms with Gasteiger partial charge in [-0.25, -0.2) is 0 Å². The maximum Gasteiger partial charge on any atom is 0.418 e. The molecule has 2 aromatic heterocycles. The minimum atomic E-state index is -4.89. The zero-order chi connectivity index (χ0) is 57.7. The van der Waals surface area contributed by atoms with Gasteiger partial charge in [0, 0.05) is 46.9 Å². The predicted molar refractivity (Wildman–Crippen MR) is 274 cm³/mol. The highest BCUT2D eigenvalue weighted by molar-refractivity contribution is 6.74. The summed E-state index contributed by atoms with van der Waals surface area (Å²) >= 11 is 0. The van der Waals surface area contributed by atoms with E-state index in [-0.39, 0.29) is 52.0 Å². The van der Waals surface area contributed by atoms with Gasteiger partial charge in [-0.15, -0.1) is 0 Å². The first-order valence-corrected chi connectivity index (χ1v) is 28.0. The summed E-state index contributed by atoms with van der Waals surface area (Å²) in [6, 6.07) is 12.4. The number of amides is 2. The molecule has 4 aliphatic heterocycles. The molecule has 0 aliphatic carbocycles. The molecule has 0 radical (unpaired) electrons. The van der Waals surface area contributed by atoms with Gasteiger partial charge in [0.25, 0.3) is 11.8 Å². The standard InChI is InChI=1S/C30H33F6N3O3Si.C24H19F6N3O3/c1-28(2,3)43(4,5)42-24-14-17-10-12-23(24)39(17)16-9-11-21(20(13-16)30(34,35)36)38-27(41)18-15-37-22-8-6-7-19(29(31,32)33)25(22)26(18)40;25-23(26,27)14-2-1-3-17-20(14)21(35)13(10-31-17)22(36)32-16-6-4-11(8-15(16)24(28,29)30)33-12-5-7-18(33)19(34)9-12/h6-9,11,13,15,17,23-24H,10,12,14H2,1-5H3,(H,37,40)(H,38,41);1-4,6,8,10,12,18-19,34H,5,7,9H2,(H,31,35)(H,32,36)/t17?,23?,24-;12?,18?,19-/m00/s1. The Labute approximate surface area is 443 Å². The first kappa shape index (κ1) is 56.8. The second-order valence-electron chi connectivity index (χ2n) is 21.7. The molecule has 6 aromatic rings. The molecule has 422 valence electrons. The Morgan fingerprint density at radius 3 is 1.37 bits per heavy atom. The van der Waals surface area contributed by atoms with Crippen LogP contribution in [0.2, 0.25) is 18.1 Å². The highest BCUT2D eigenvalue weighted by Crippen LogP contribution is 2.49. The summed E-state index contributed by atoms with van der Waals surface area (Å²) in [4.78, 5) is 60.3. The van der Waals surface area contributed by atoms with Crippen LogP contribution in [0.25, 0.3) is 21.8 Å². The molecular formula is C54H52F12N6O6Si. The summed E-state index contributed by atoms with van der Waals surface area (Å²) in [6.07, 6.45) is -14.3. The number of rotatable bonds is 8. The molecule has 10 rings (SSSR count). The van der Waals surface area contributed by atoms with E-state index in [0.717, 1.165) is 68.1 Å². The zero-order valence-corrected chi connectivity index (χ0v) is 43.7. The van der Waals surface area contributed by atoms with Crippen LogP contribution in [-0.2, 0) is 29.1 Å². The maximum absolute atomic E-state index is 14.3. The number of aliphatic hydroxyl groups is 1. The summed E-state index contributed by atoms with van der Waals surface area (Å²) in [6.45, 7) is 10.7. The van der Waals surface area contributed by atoms with Crippen LogP contribution in [0.15, 0.2) is 94.8 Å². The predicted octanol–water partition coefficient (Wildman–Crippen LogP) is 12.9. The molecule has 4 saturated heterocycles. The lowest BCUT2D eigenvalue weighted by Crippen LogP contribution is -2.47. The number of H-pyrrole nitrogens is 2. The second-order valence-corrected chi connectivity index (χ2v) is 26.5. The van der Waals surface area contributed by atoms with Crippen molar-refractivity contribution in [2.45, 2.75) is 139 Å². The van der Waals surface area contributed by atoms with Gasteiger partial charge in [-0.2, -0.15) is 52.7 Å². The van der Waals surface area contributed by atoms with Crippen molar-refractivity contribution < 1.29 is 71.8 Å². The van der Waals surface area contributed by atoms with E-state index in [1.807, 2.05) is 10.2 Å². The fourth-order valence-electron chi connectivity index (χ4n) is 11.2. The van der Waals surface area contributed by atoms with E-state index in [4.69, 9.17) is 4.43 Å². The summed E-state index contributed by atoms with van der Waals surface area (Å²) in [5.74, 6) is -2.55. The number of anilines is 4. The quantitative estimate of drug-likeness (QED) is 0.0744. The summed E-state index contributed by atoms with van der Waals surface area (Å²) in [7, 11) is -2.12. The van der Waals surface area contributed by atoms with Crippen LogP contribution in [0.1, 0.15) is 102 Å². The van der Waals surface area contributed by atoms with Crippen LogP contribution in [-0.4, -0.2) is 71.6 Å². The number of hydrogen-bond acceptors (Lipinski definition) is 8. The summed E-state index contributed by atoms with van der Waals surface area (Å²) in [5.41, 5.74) is -9.84. The average Bonchev–Trinajstić information content (AvgIpc) is 4.25. The van der Waals surface area contributed by atoms with E-state index in [9.17, 15) is 77.0 Å². The van der Waals surface area contributed by atoms with Crippen molar-refractivity contribution in [2.75, 3.05) is 20.4 Å². The van der Waals surface area contributed by atoms with E-state index in [2.05, 4.69) is 49.1 Å². The number of halogens is 12. The van der Waals surface area contributed by atoms with Gasteiger partial charge in [-0.05, 0) is 117 Å². The molecule has 6 heterocycles. The molecule has 4 bridgehead atoms. The molecule has 4 fully saturated rings. The highest BCUT2D eigenvalue weighted by atomic mass is 28.4. The van der Waals surface area contributed by atoms with Crippen LogP contribution in [0.3, 0.4) is 0 Å². The van der Waals surface area contributed by atoms with Crippen molar-refractivity contribution in [1.82, 2.24) is 9.97 Å². The molecular weight excluding hydrogens is 1080 g/mol. The Bertz CT molecular complexity index is 3500. The Morgan fingerprint density at radius 1 is 0.582 bits per heavy atom. The third-order valence-electron chi connectivity index (χ3n) is 15.9. The fraction of sp³-hybridized carbons (Fsp3) is 0.407. The van der Waals surface area contributed by atoms with Gasteiger partial charge in [0.2, 0.25) is 10.9 Å². The van der Waals surface area contributed by atoms with Gasteiger partial charge >= 0.3 is 24.7 Å². The maximum atomic E-state index is 14.3. The molecule has 12 nitrogen and oxygen atoms in total. The van der Waals surface area contributed by atoms with Crippen molar-refractivity contribution >= 4 is 64.7 Å². The molecule has 4 aromatic carbocycles. The number of aromatic nitrogens is 2. The van der Waals surface area contributed by atoms with Crippen molar-refractivity contribution in [3.8, 4) is 0 Å². The molecule has 4 aliphatic rings. The highest BCUT2D eigenvalue weighted by Gasteiger charge is 2.52. The number of benzene rings is 4. The number of nitrogens with one attached hydrogen (secondary N) is 4. The largest absolute Gasteiger partial charge is 0.418 e. The Kier molecular flexibility index (Phi) is 14.4. The topological polar surface area (TPSA) is 160 Å². The number of aliphatic hydroxyl groups excluding tert-OH is 1. The number of alkyl halides is 12. The lowest BCUT2D eigenvalue weighted by Gasteiger charge is -2.40. The summed E-state index contributed by atoms with van der Waals surface area (Å²) < 4.78 is 172. The zero-order valence-electron chi connectivity index (χ0n) is 42.7. The van der Waals surface area contributed by atoms with Crippen molar-refractivity contribution in [3.63, 3.8) is 0 Å². The monoisotopic (exact) mass is 1140 g/mol. The van der Waals surface area contributed by atoms with Gasteiger partial charge in [0.1, 0.15) is 11.1 Å². The fourth-order valence-corrected chi connectivity index (χ4v) is 12.5. The molecule has 6 atom stereocenters.